The lowest BCUT2D eigenvalue weighted by Gasteiger charge is -2.09. The fourth-order valence-electron chi connectivity index (χ4n) is 3.13. The average molecular weight is 359 g/mol. The predicted octanol–water partition coefficient (Wildman–Crippen LogP) is 4.05. The number of rotatable bonds is 5. The van der Waals surface area contributed by atoms with E-state index in [1.54, 1.807) is 13.4 Å². The molecule has 0 saturated heterocycles. The van der Waals surface area contributed by atoms with Crippen LogP contribution in [0.3, 0.4) is 0 Å². The van der Waals surface area contributed by atoms with E-state index < -0.39 is 0 Å². The maximum atomic E-state index is 5.20. The molecule has 4 aromatic rings. The largest absolute Gasteiger partial charge is 0.497 e. The molecule has 4 rings (SSSR count). The van der Waals surface area contributed by atoms with Gasteiger partial charge in [-0.25, -0.2) is 14.6 Å². The molecule has 0 saturated carbocycles. The van der Waals surface area contributed by atoms with Crippen molar-refractivity contribution in [2.24, 2.45) is 0 Å². The number of hydrogen-bond donors (Lipinski definition) is 1. The summed E-state index contributed by atoms with van der Waals surface area (Å²) in [4.78, 5) is 8.85. The molecule has 0 amide bonds. The van der Waals surface area contributed by atoms with Crippen molar-refractivity contribution in [3.8, 4) is 11.4 Å². The molecule has 27 heavy (non-hydrogen) atoms. The Hall–Kier alpha value is -3.41. The van der Waals surface area contributed by atoms with Crippen LogP contribution >= 0.6 is 0 Å². The number of fused-ring (bicyclic) bond motifs is 1. The highest BCUT2D eigenvalue weighted by Crippen LogP contribution is 2.24. The highest BCUT2D eigenvalue weighted by atomic mass is 16.5. The molecule has 0 aliphatic heterocycles. The van der Waals surface area contributed by atoms with Gasteiger partial charge in [-0.15, -0.1) is 0 Å². The van der Waals surface area contributed by atoms with Gasteiger partial charge in [0.05, 0.1) is 24.4 Å². The van der Waals surface area contributed by atoms with Crippen LogP contribution in [-0.2, 0) is 6.54 Å². The second-order valence-corrected chi connectivity index (χ2v) is 6.51. The van der Waals surface area contributed by atoms with Gasteiger partial charge in [0.25, 0.3) is 0 Å². The monoisotopic (exact) mass is 359 g/mol. The molecular weight excluding hydrogens is 338 g/mol. The molecule has 0 aliphatic carbocycles. The number of benzene rings is 2. The van der Waals surface area contributed by atoms with Gasteiger partial charge in [0.1, 0.15) is 17.9 Å². The summed E-state index contributed by atoms with van der Waals surface area (Å²) < 4.78 is 7.06. The van der Waals surface area contributed by atoms with E-state index in [4.69, 9.17) is 4.74 Å². The molecular formula is C21H21N5O. The summed E-state index contributed by atoms with van der Waals surface area (Å²) in [6, 6.07) is 14.3. The molecule has 6 heteroatoms. The van der Waals surface area contributed by atoms with Gasteiger partial charge in [-0.05, 0) is 43.2 Å². The van der Waals surface area contributed by atoms with Crippen LogP contribution in [0.5, 0.6) is 5.75 Å². The second-order valence-electron chi connectivity index (χ2n) is 6.51. The smallest absolute Gasteiger partial charge is 0.168 e. The summed E-state index contributed by atoms with van der Waals surface area (Å²) in [5, 5.41) is 8.83. The molecule has 0 unspecified atom stereocenters. The van der Waals surface area contributed by atoms with Crippen LogP contribution in [0.4, 0.5) is 5.82 Å². The number of nitrogens with one attached hydrogen (secondary N) is 1. The van der Waals surface area contributed by atoms with E-state index in [2.05, 4.69) is 52.4 Å². The number of nitrogens with zero attached hydrogens (tertiary/aromatic N) is 4. The van der Waals surface area contributed by atoms with E-state index in [1.165, 1.54) is 5.56 Å². The Labute approximate surface area is 157 Å². The van der Waals surface area contributed by atoms with Crippen LogP contribution in [0.15, 0.2) is 55.0 Å². The van der Waals surface area contributed by atoms with Crippen molar-refractivity contribution in [1.29, 1.82) is 0 Å². The van der Waals surface area contributed by atoms with Crippen LogP contribution in [0.1, 0.15) is 16.7 Å². The third-order valence-corrected chi connectivity index (χ3v) is 4.57. The number of anilines is 1. The topological polar surface area (TPSA) is 64.9 Å². The zero-order valence-electron chi connectivity index (χ0n) is 15.6. The first-order chi connectivity index (χ1) is 13.2. The molecule has 0 spiro atoms. The minimum absolute atomic E-state index is 0.658. The molecule has 2 heterocycles. The van der Waals surface area contributed by atoms with Gasteiger partial charge >= 0.3 is 0 Å². The Morgan fingerprint density at radius 2 is 1.85 bits per heavy atom. The van der Waals surface area contributed by atoms with Gasteiger partial charge in [-0.2, -0.15) is 5.10 Å². The summed E-state index contributed by atoms with van der Waals surface area (Å²) in [5.74, 6) is 1.62. The van der Waals surface area contributed by atoms with Crippen molar-refractivity contribution >= 4 is 16.9 Å². The van der Waals surface area contributed by atoms with E-state index in [9.17, 15) is 0 Å². The zero-order chi connectivity index (χ0) is 18.8. The molecule has 0 atom stereocenters. The maximum Gasteiger partial charge on any atom is 0.168 e. The van der Waals surface area contributed by atoms with Crippen LogP contribution in [0, 0.1) is 13.8 Å². The van der Waals surface area contributed by atoms with Gasteiger partial charge in [0.2, 0.25) is 0 Å². The van der Waals surface area contributed by atoms with Crippen molar-refractivity contribution in [3.63, 3.8) is 0 Å². The molecule has 136 valence electrons. The summed E-state index contributed by atoms with van der Waals surface area (Å²) in [7, 11) is 1.66. The first kappa shape index (κ1) is 17.0. The van der Waals surface area contributed by atoms with Crippen molar-refractivity contribution in [1.82, 2.24) is 19.7 Å². The Morgan fingerprint density at radius 3 is 2.59 bits per heavy atom. The summed E-state index contributed by atoms with van der Waals surface area (Å²) in [6.45, 7) is 4.83. The second kappa shape index (κ2) is 7.07. The van der Waals surface area contributed by atoms with Crippen molar-refractivity contribution in [2.45, 2.75) is 20.4 Å². The molecule has 1 N–H and O–H groups in total. The lowest BCUT2D eigenvalue weighted by atomic mass is 10.1. The molecule has 6 nitrogen and oxygen atoms in total. The molecule has 0 radical (unpaired) electrons. The van der Waals surface area contributed by atoms with E-state index in [0.29, 0.717) is 6.54 Å². The Morgan fingerprint density at radius 1 is 1.04 bits per heavy atom. The predicted molar refractivity (Wildman–Crippen MR) is 106 cm³/mol. The first-order valence-corrected chi connectivity index (χ1v) is 8.79. The van der Waals surface area contributed by atoms with Gasteiger partial charge in [0, 0.05) is 6.54 Å². The number of aromatic nitrogens is 4. The Bertz CT molecular complexity index is 1090. The van der Waals surface area contributed by atoms with Gasteiger partial charge in [-0.3, -0.25) is 0 Å². The lowest BCUT2D eigenvalue weighted by molar-refractivity contribution is 0.414. The molecule has 0 bridgehead atoms. The van der Waals surface area contributed by atoms with E-state index in [1.807, 2.05) is 35.1 Å². The first-order valence-electron chi connectivity index (χ1n) is 8.79. The third-order valence-electron chi connectivity index (χ3n) is 4.57. The van der Waals surface area contributed by atoms with Crippen LogP contribution < -0.4 is 10.1 Å². The fourth-order valence-corrected chi connectivity index (χ4v) is 3.13. The number of ether oxygens (including phenoxy) is 1. The number of aryl methyl sites for hydroxylation is 2. The highest BCUT2D eigenvalue weighted by molar-refractivity contribution is 5.87. The maximum absolute atomic E-state index is 5.20. The fraction of sp³-hybridized carbons (Fsp3) is 0.190. The zero-order valence-corrected chi connectivity index (χ0v) is 15.6. The van der Waals surface area contributed by atoms with Gasteiger partial charge in [-0.1, -0.05) is 29.8 Å². The van der Waals surface area contributed by atoms with Crippen LogP contribution in [0.2, 0.25) is 0 Å². The van der Waals surface area contributed by atoms with E-state index in [-0.39, 0.29) is 0 Å². The summed E-state index contributed by atoms with van der Waals surface area (Å²) in [5.41, 5.74) is 5.34. The highest BCUT2D eigenvalue weighted by Gasteiger charge is 2.12. The van der Waals surface area contributed by atoms with Gasteiger partial charge in [0.15, 0.2) is 5.65 Å². The van der Waals surface area contributed by atoms with Crippen molar-refractivity contribution in [3.05, 3.63) is 71.7 Å². The average Bonchev–Trinajstić information content (AvgIpc) is 3.11. The minimum atomic E-state index is 0.658. The van der Waals surface area contributed by atoms with E-state index >= 15 is 0 Å². The normalized spacial score (nSPS) is 10.9. The van der Waals surface area contributed by atoms with Gasteiger partial charge < -0.3 is 10.1 Å². The van der Waals surface area contributed by atoms with Crippen molar-refractivity contribution < 1.29 is 4.74 Å². The van der Waals surface area contributed by atoms with E-state index in [0.717, 1.165) is 39.4 Å². The molecule has 2 aromatic heterocycles. The third kappa shape index (κ3) is 3.33. The molecule has 0 fully saturated rings. The van der Waals surface area contributed by atoms with Crippen LogP contribution in [0.25, 0.3) is 16.7 Å². The number of methoxy groups -OCH3 is 1. The molecule has 2 aromatic carbocycles. The quantitative estimate of drug-likeness (QED) is 0.582. The Kier molecular flexibility index (Phi) is 4.46. The standard InChI is InChI=1S/C21H21N5O/c1-14-4-9-19(15(2)10-14)26-21-18(12-25-26)20(23-13-24-21)22-11-16-5-7-17(27-3)8-6-16/h4-10,12-13H,11H2,1-3H3,(H,22,23,24). The minimum Gasteiger partial charge on any atom is -0.497 e. The SMILES string of the molecule is COc1ccc(CNc2ncnc3c2cnn3-c2ccc(C)cc2C)cc1. The summed E-state index contributed by atoms with van der Waals surface area (Å²) in [6.07, 6.45) is 3.38. The number of hydrogen-bond acceptors (Lipinski definition) is 5. The summed E-state index contributed by atoms with van der Waals surface area (Å²) >= 11 is 0. The van der Waals surface area contributed by atoms with Crippen LogP contribution in [-0.4, -0.2) is 26.9 Å². The van der Waals surface area contributed by atoms with Crippen molar-refractivity contribution in [2.75, 3.05) is 12.4 Å². The lowest BCUT2D eigenvalue weighted by Crippen LogP contribution is -2.04. The Balaban J connectivity index is 1.64. The molecule has 0 aliphatic rings.